The molecule has 1 heterocycles. The van der Waals surface area contributed by atoms with Gasteiger partial charge in [-0.1, -0.05) is 40.2 Å². The smallest absolute Gasteiger partial charge is 0.250 e. The lowest BCUT2D eigenvalue weighted by Crippen LogP contribution is -2.50. The summed E-state index contributed by atoms with van der Waals surface area (Å²) in [7, 11) is 1.61. The highest BCUT2D eigenvalue weighted by molar-refractivity contribution is 5.89. The highest BCUT2D eigenvalue weighted by Crippen LogP contribution is 2.30. The Labute approximate surface area is 133 Å². The molecular weight excluding hydrogens is 280 g/mol. The average molecular weight is 308 g/mol. The third kappa shape index (κ3) is 4.12. The zero-order valence-corrected chi connectivity index (χ0v) is 14.1. The van der Waals surface area contributed by atoms with Crippen LogP contribution in [-0.4, -0.2) is 35.9 Å². The first-order chi connectivity index (χ1) is 10.5. The molecule has 2 atom stereocenters. The zero-order chi connectivity index (χ0) is 16.7. The van der Waals surface area contributed by atoms with Gasteiger partial charge in [0.2, 0.25) is 11.8 Å². The number of hydrogen-bond donors (Lipinski definition) is 1. The van der Waals surface area contributed by atoms with Crippen LogP contribution in [0.1, 0.15) is 52.9 Å². The van der Waals surface area contributed by atoms with E-state index in [-0.39, 0.29) is 17.9 Å². The Kier molecular flexibility index (Phi) is 7.15. The van der Waals surface area contributed by atoms with E-state index in [2.05, 4.69) is 18.8 Å². The number of rotatable bonds is 8. The molecule has 1 rings (SSSR count). The van der Waals surface area contributed by atoms with E-state index in [1.807, 2.05) is 13.0 Å². The molecule has 0 bridgehead atoms. The lowest BCUT2D eigenvalue weighted by Gasteiger charge is -2.30. The van der Waals surface area contributed by atoms with Crippen LogP contribution < -0.4 is 5.32 Å². The van der Waals surface area contributed by atoms with Crippen LogP contribution in [0.15, 0.2) is 24.1 Å². The van der Waals surface area contributed by atoms with Gasteiger partial charge in [0.1, 0.15) is 11.8 Å². The Hall–Kier alpha value is -1.78. The van der Waals surface area contributed by atoms with Gasteiger partial charge in [0.15, 0.2) is 0 Å². The molecule has 124 valence electrons. The monoisotopic (exact) mass is 308 g/mol. The second-order valence-electron chi connectivity index (χ2n) is 5.52. The summed E-state index contributed by atoms with van der Waals surface area (Å²) in [5.41, 5.74) is 0.632. The predicted molar refractivity (Wildman–Crippen MR) is 86.9 cm³/mol. The first kappa shape index (κ1) is 18.3. The van der Waals surface area contributed by atoms with Crippen LogP contribution in [0, 0.1) is 0 Å². The number of allylic oxidation sites excluding steroid dienone is 1. The van der Waals surface area contributed by atoms with Crippen LogP contribution in [-0.2, 0) is 14.3 Å². The summed E-state index contributed by atoms with van der Waals surface area (Å²) in [5, 5.41) is 2.83. The molecule has 0 aromatic carbocycles. The number of nitrogens with one attached hydrogen (secondary N) is 1. The number of hydrogen-bond acceptors (Lipinski definition) is 3. The summed E-state index contributed by atoms with van der Waals surface area (Å²) in [4.78, 5) is 26.3. The summed E-state index contributed by atoms with van der Waals surface area (Å²) in [5.74, 6) is 0.552. The summed E-state index contributed by atoms with van der Waals surface area (Å²) < 4.78 is 5.39. The Balaban J connectivity index is 2.95. The molecule has 1 N–H and O–H groups in total. The maximum Gasteiger partial charge on any atom is 0.250 e. The molecule has 2 amide bonds. The van der Waals surface area contributed by atoms with Crippen molar-refractivity contribution in [3.63, 3.8) is 0 Å². The molecule has 0 aromatic heterocycles. The molecule has 0 saturated heterocycles. The SMILES string of the molecule is C=C1C=C(OC)C(CCC)N1C(=O)C(CCC)NC(=O)CC. The van der Waals surface area contributed by atoms with Gasteiger partial charge in [0.25, 0.3) is 0 Å². The highest BCUT2D eigenvalue weighted by Gasteiger charge is 2.37. The van der Waals surface area contributed by atoms with Gasteiger partial charge >= 0.3 is 0 Å². The van der Waals surface area contributed by atoms with Gasteiger partial charge in [-0.2, -0.15) is 0 Å². The number of carbonyl (C=O) groups excluding carboxylic acids is 2. The van der Waals surface area contributed by atoms with E-state index < -0.39 is 6.04 Å². The number of ether oxygens (including phenoxy) is 1. The maximum absolute atomic E-state index is 12.9. The molecule has 0 saturated carbocycles. The molecule has 2 unspecified atom stereocenters. The fourth-order valence-corrected chi connectivity index (χ4v) is 2.70. The molecule has 0 fully saturated rings. The average Bonchev–Trinajstić information content (AvgIpc) is 2.82. The van der Waals surface area contributed by atoms with Crippen molar-refractivity contribution in [3.05, 3.63) is 24.1 Å². The van der Waals surface area contributed by atoms with Crippen LogP contribution in [0.5, 0.6) is 0 Å². The summed E-state index contributed by atoms with van der Waals surface area (Å²) in [6.45, 7) is 9.81. The lowest BCUT2D eigenvalue weighted by atomic mass is 10.1. The van der Waals surface area contributed by atoms with E-state index in [9.17, 15) is 9.59 Å². The van der Waals surface area contributed by atoms with Crippen molar-refractivity contribution in [3.8, 4) is 0 Å². The predicted octanol–water partition coefficient (Wildman–Crippen LogP) is 2.74. The Morgan fingerprint density at radius 2 is 2.05 bits per heavy atom. The van der Waals surface area contributed by atoms with Crippen LogP contribution in [0.2, 0.25) is 0 Å². The largest absolute Gasteiger partial charge is 0.499 e. The normalized spacial score (nSPS) is 18.9. The van der Waals surface area contributed by atoms with Gasteiger partial charge in [-0.25, -0.2) is 0 Å². The minimum Gasteiger partial charge on any atom is -0.499 e. The molecule has 0 spiro atoms. The molecule has 5 nitrogen and oxygen atoms in total. The van der Waals surface area contributed by atoms with Crippen LogP contribution in [0.4, 0.5) is 0 Å². The minimum absolute atomic E-state index is 0.101. The molecule has 1 aliphatic heterocycles. The minimum atomic E-state index is -0.502. The van der Waals surface area contributed by atoms with Gasteiger partial charge in [-0.15, -0.1) is 0 Å². The first-order valence-electron chi connectivity index (χ1n) is 8.06. The van der Waals surface area contributed by atoms with Crippen molar-refractivity contribution in [2.75, 3.05) is 7.11 Å². The molecule has 22 heavy (non-hydrogen) atoms. The highest BCUT2D eigenvalue weighted by atomic mass is 16.5. The molecular formula is C17H28N2O3. The molecule has 0 aromatic rings. The van der Waals surface area contributed by atoms with E-state index in [1.165, 1.54) is 0 Å². The van der Waals surface area contributed by atoms with Crippen LogP contribution in [0.25, 0.3) is 0 Å². The van der Waals surface area contributed by atoms with Crippen molar-refractivity contribution in [2.45, 2.75) is 65.0 Å². The van der Waals surface area contributed by atoms with E-state index >= 15 is 0 Å². The molecule has 1 aliphatic rings. The molecule has 5 heteroatoms. The van der Waals surface area contributed by atoms with E-state index in [4.69, 9.17) is 4.74 Å². The van der Waals surface area contributed by atoms with Crippen molar-refractivity contribution in [2.24, 2.45) is 0 Å². The zero-order valence-electron chi connectivity index (χ0n) is 14.1. The second-order valence-corrected chi connectivity index (χ2v) is 5.52. The van der Waals surface area contributed by atoms with Crippen LogP contribution in [0.3, 0.4) is 0 Å². The topological polar surface area (TPSA) is 58.6 Å². The second kappa shape index (κ2) is 8.61. The number of nitrogens with zero attached hydrogens (tertiary/aromatic N) is 1. The maximum atomic E-state index is 12.9. The van der Waals surface area contributed by atoms with E-state index in [0.717, 1.165) is 25.0 Å². The van der Waals surface area contributed by atoms with Gasteiger partial charge in [0.05, 0.1) is 13.2 Å². The van der Waals surface area contributed by atoms with Gasteiger partial charge in [-0.3, -0.25) is 9.59 Å². The van der Waals surface area contributed by atoms with Gasteiger partial charge in [-0.05, 0) is 12.8 Å². The summed E-state index contributed by atoms with van der Waals surface area (Å²) in [6.07, 6.45) is 5.36. The van der Waals surface area contributed by atoms with Crippen LogP contribution >= 0.6 is 0 Å². The van der Waals surface area contributed by atoms with Crippen molar-refractivity contribution >= 4 is 11.8 Å². The quantitative estimate of drug-likeness (QED) is 0.750. The van der Waals surface area contributed by atoms with Crippen molar-refractivity contribution in [1.82, 2.24) is 10.2 Å². The van der Waals surface area contributed by atoms with Gasteiger partial charge in [0, 0.05) is 18.2 Å². The Bertz CT molecular complexity index is 457. The Morgan fingerprint density at radius 1 is 1.36 bits per heavy atom. The molecule has 0 radical (unpaired) electrons. The number of methoxy groups -OCH3 is 1. The fraction of sp³-hybridized carbons (Fsp3) is 0.647. The third-order valence-electron chi connectivity index (χ3n) is 3.83. The standard InChI is InChI=1S/C17H28N2O3/c1-6-9-13(18-16(20)8-3)17(21)19-12(4)11-15(22-5)14(19)10-7-2/h11,13-14H,4,6-10H2,1-3,5H3,(H,18,20). The van der Waals surface area contributed by atoms with Crippen molar-refractivity contribution in [1.29, 1.82) is 0 Å². The summed E-state index contributed by atoms with van der Waals surface area (Å²) >= 11 is 0. The Morgan fingerprint density at radius 3 is 2.55 bits per heavy atom. The number of amides is 2. The first-order valence-corrected chi connectivity index (χ1v) is 8.06. The third-order valence-corrected chi connectivity index (χ3v) is 3.83. The lowest BCUT2D eigenvalue weighted by molar-refractivity contribution is -0.136. The van der Waals surface area contributed by atoms with Gasteiger partial charge < -0.3 is 15.0 Å². The molecule has 0 aliphatic carbocycles. The summed E-state index contributed by atoms with van der Waals surface area (Å²) in [6, 6.07) is -0.619. The number of carbonyl (C=O) groups is 2. The van der Waals surface area contributed by atoms with Crippen molar-refractivity contribution < 1.29 is 14.3 Å². The fourth-order valence-electron chi connectivity index (χ4n) is 2.70. The van der Waals surface area contributed by atoms with E-state index in [1.54, 1.807) is 18.9 Å². The van der Waals surface area contributed by atoms with E-state index in [0.29, 0.717) is 18.5 Å².